The van der Waals surface area contributed by atoms with Crippen molar-refractivity contribution >= 4 is 5.69 Å². The molecule has 112 valence electrons. The Kier molecular flexibility index (Phi) is 5.41. The summed E-state index contributed by atoms with van der Waals surface area (Å²) in [6.45, 7) is 5.25. The number of rotatable bonds is 6. The van der Waals surface area contributed by atoms with Gasteiger partial charge >= 0.3 is 0 Å². The first kappa shape index (κ1) is 15.3. The minimum atomic E-state index is -0.154. The number of nitrogens with one attached hydrogen (secondary N) is 1. The summed E-state index contributed by atoms with van der Waals surface area (Å²) in [5.41, 5.74) is 1.32. The molecule has 0 unspecified atom stereocenters. The van der Waals surface area contributed by atoms with Crippen LogP contribution in [0.15, 0.2) is 24.3 Å². The molecule has 0 amide bonds. The topological polar surface area (TPSA) is 15.3 Å². The second-order valence-electron chi connectivity index (χ2n) is 6.18. The average molecular weight is 278 g/mol. The minimum Gasteiger partial charge on any atom is -0.374 e. The Morgan fingerprint density at radius 3 is 2.65 bits per heavy atom. The Hall–Kier alpha value is -1.09. The maximum absolute atomic E-state index is 13.4. The lowest BCUT2D eigenvalue weighted by atomic mass is 9.73. The molecule has 3 heteroatoms. The lowest BCUT2D eigenvalue weighted by molar-refractivity contribution is 0.190. The van der Waals surface area contributed by atoms with Crippen molar-refractivity contribution in [3.8, 4) is 0 Å². The zero-order valence-corrected chi connectivity index (χ0v) is 12.8. The van der Waals surface area contributed by atoms with E-state index in [2.05, 4.69) is 24.2 Å². The smallest absolute Gasteiger partial charge is 0.125 e. The third-order valence-corrected chi connectivity index (χ3v) is 4.49. The molecule has 1 aromatic carbocycles. The predicted molar refractivity (Wildman–Crippen MR) is 83.7 cm³/mol. The van der Waals surface area contributed by atoms with Crippen molar-refractivity contribution in [2.45, 2.75) is 39.0 Å². The molecule has 1 N–H and O–H groups in total. The molecule has 0 bridgehead atoms. The third-order valence-electron chi connectivity index (χ3n) is 4.49. The fraction of sp³-hybridized carbons (Fsp3) is 0.647. The van der Waals surface area contributed by atoms with Crippen LogP contribution in [-0.2, 0) is 0 Å². The Morgan fingerprint density at radius 2 is 2.00 bits per heavy atom. The van der Waals surface area contributed by atoms with Crippen LogP contribution in [0.2, 0.25) is 0 Å². The molecule has 0 spiro atoms. The molecule has 0 aliphatic heterocycles. The van der Waals surface area contributed by atoms with Crippen molar-refractivity contribution in [1.29, 1.82) is 0 Å². The van der Waals surface area contributed by atoms with Gasteiger partial charge in [0.25, 0.3) is 0 Å². The molecule has 0 saturated heterocycles. The highest BCUT2D eigenvalue weighted by atomic mass is 19.1. The van der Waals surface area contributed by atoms with Gasteiger partial charge in [-0.15, -0.1) is 0 Å². The standard InChI is InChI=1S/C17H27FN2/c1-3-19-13-17(10-5-4-6-11-17)14-20(2)16-9-7-8-15(18)12-16/h7-9,12,19H,3-6,10-11,13-14H2,1-2H3. The maximum Gasteiger partial charge on any atom is 0.125 e. The molecule has 2 rings (SSSR count). The summed E-state index contributed by atoms with van der Waals surface area (Å²) in [4.78, 5) is 2.21. The van der Waals surface area contributed by atoms with Crippen molar-refractivity contribution in [1.82, 2.24) is 5.32 Å². The van der Waals surface area contributed by atoms with Crippen LogP contribution in [0, 0.1) is 11.2 Å². The molecule has 2 nitrogen and oxygen atoms in total. The number of benzene rings is 1. The summed E-state index contributed by atoms with van der Waals surface area (Å²) >= 11 is 0. The Balaban J connectivity index is 2.06. The third kappa shape index (κ3) is 3.95. The van der Waals surface area contributed by atoms with Gasteiger partial charge in [0.05, 0.1) is 0 Å². The molecule has 0 heterocycles. The van der Waals surface area contributed by atoms with Gasteiger partial charge in [-0.3, -0.25) is 0 Å². The molecular weight excluding hydrogens is 251 g/mol. The molecule has 0 aromatic heterocycles. The normalized spacial score (nSPS) is 17.9. The van der Waals surface area contributed by atoms with E-state index in [0.29, 0.717) is 5.41 Å². The van der Waals surface area contributed by atoms with Gasteiger partial charge in [0, 0.05) is 31.2 Å². The fourth-order valence-electron chi connectivity index (χ4n) is 3.39. The first-order valence-corrected chi connectivity index (χ1v) is 7.83. The highest BCUT2D eigenvalue weighted by molar-refractivity contribution is 5.45. The summed E-state index contributed by atoms with van der Waals surface area (Å²) in [6, 6.07) is 6.92. The number of hydrogen-bond acceptors (Lipinski definition) is 2. The van der Waals surface area contributed by atoms with Crippen LogP contribution in [0.4, 0.5) is 10.1 Å². The summed E-state index contributed by atoms with van der Waals surface area (Å²) in [5, 5.41) is 3.53. The van der Waals surface area contributed by atoms with Crippen LogP contribution in [-0.4, -0.2) is 26.7 Å². The van der Waals surface area contributed by atoms with Gasteiger partial charge in [-0.25, -0.2) is 4.39 Å². The largest absolute Gasteiger partial charge is 0.374 e. The van der Waals surface area contributed by atoms with Gasteiger partial charge in [-0.1, -0.05) is 32.3 Å². The van der Waals surface area contributed by atoms with Gasteiger partial charge < -0.3 is 10.2 Å². The van der Waals surface area contributed by atoms with Crippen molar-refractivity contribution in [2.75, 3.05) is 31.6 Å². The molecule has 1 saturated carbocycles. The number of nitrogens with zero attached hydrogens (tertiary/aromatic N) is 1. The second kappa shape index (κ2) is 7.07. The molecule has 20 heavy (non-hydrogen) atoms. The zero-order valence-electron chi connectivity index (χ0n) is 12.8. The molecule has 1 aliphatic rings. The van der Waals surface area contributed by atoms with Gasteiger partial charge in [0.15, 0.2) is 0 Å². The first-order valence-electron chi connectivity index (χ1n) is 7.83. The van der Waals surface area contributed by atoms with Crippen LogP contribution in [0.25, 0.3) is 0 Å². The summed E-state index contributed by atoms with van der Waals surface area (Å²) in [7, 11) is 2.08. The van der Waals surface area contributed by atoms with Crippen LogP contribution < -0.4 is 10.2 Å². The SMILES string of the molecule is CCNCC1(CN(C)c2cccc(F)c2)CCCCC1. The van der Waals surface area contributed by atoms with Crippen LogP contribution >= 0.6 is 0 Å². The van der Waals surface area contributed by atoms with E-state index in [4.69, 9.17) is 0 Å². The number of halogens is 1. The summed E-state index contributed by atoms with van der Waals surface area (Å²) in [5.74, 6) is -0.154. The summed E-state index contributed by atoms with van der Waals surface area (Å²) in [6.07, 6.45) is 6.56. The van der Waals surface area contributed by atoms with E-state index in [1.54, 1.807) is 12.1 Å². The van der Waals surface area contributed by atoms with E-state index in [0.717, 1.165) is 25.3 Å². The van der Waals surface area contributed by atoms with Gasteiger partial charge in [0.1, 0.15) is 5.82 Å². The molecule has 1 fully saturated rings. The fourth-order valence-corrected chi connectivity index (χ4v) is 3.39. The number of anilines is 1. The predicted octanol–water partition coefficient (Wildman–Crippen LogP) is 3.82. The van der Waals surface area contributed by atoms with Gasteiger partial charge in [-0.2, -0.15) is 0 Å². The van der Waals surface area contributed by atoms with E-state index in [1.807, 2.05) is 6.07 Å². The molecule has 0 atom stereocenters. The molecule has 1 aromatic rings. The first-order chi connectivity index (χ1) is 9.65. The zero-order chi connectivity index (χ0) is 14.4. The van der Waals surface area contributed by atoms with E-state index < -0.39 is 0 Å². The minimum absolute atomic E-state index is 0.154. The van der Waals surface area contributed by atoms with Crippen LogP contribution in [0.1, 0.15) is 39.0 Å². The highest BCUT2D eigenvalue weighted by Gasteiger charge is 2.32. The Labute approximate surface area is 122 Å². The Morgan fingerprint density at radius 1 is 1.25 bits per heavy atom. The van der Waals surface area contributed by atoms with Crippen LogP contribution in [0.5, 0.6) is 0 Å². The van der Waals surface area contributed by atoms with Crippen molar-refractivity contribution in [3.63, 3.8) is 0 Å². The monoisotopic (exact) mass is 278 g/mol. The van der Waals surface area contributed by atoms with Gasteiger partial charge in [-0.05, 0) is 37.6 Å². The van der Waals surface area contributed by atoms with Crippen molar-refractivity contribution in [3.05, 3.63) is 30.1 Å². The molecule has 1 aliphatic carbocycles. The van der Waals surface area contributed by atoms with Crippen LogP contribution in [0.3, 0.4) is 0 Å². The lowest BCUT2D eigenvalue weighted by Crippen LogP contribution is -2.44. The second-order valence-corrected chi connectivity index (χ2v) is 6.18. The maximum atomic E-state index is 13.4. The molecular formula is C17H27FN2. The Bertz CT molecular complexity index is 413. The molecule has 0 radical (unpaired) electrons. The van der Waals surface area contributed by atoms with Gasteiger partial charge in [0.2, 0.25) is 0 Å². The van der Waals surface area contributed by atoms with E-state index in [-0.39, 0.29) is 5.82 Å². The lowest BCUT2D eigenvalue weighted by Gasteiger charge is -2.41. The van der Waals surface area contributed by atoms with E-state index in [1.165, 1.54) is 38.2 Å². The highest BCUT2D eigenvalue weighted by Crippen LogP contribution is 2.37. The van der Waals surface area contributed by atoms with E-state index in [9.17, 15) is 4.39 Å². The number of hydrogen-bond donors (Lipinski definition) is 1. The quantitative estimate of drug-likeness (QED) is 0.851. The van der Waals surface area contributed by atoms with E-state index >= 15 is 0 Å². The summed E-state index contributed by atoms with van der Waals surface area (Å²) < 4.78 is 13.4. The van der Waals surface area contributed by atoms with Crippen molar-refractivity contribution in [2.24, 2.45) is 5.41 Å². The average Bonchev–Trinajstić information content (AvgIpc) is 2.46. The van der Waals surface area contributed by atoms with Crippen molar-refractivity contribution < 1.29 is 4.39 Å².